The first-order valence-corrected chi connectivity index (χ1v) is 10.7. The average molecular weight is 410 g/mol. The molecule has 6 nitrogen and oxygen atoms in total. The van der Waals surface area contributed by atoms with Gasteiger partial charge < -0.3 is 4.90 Å². The minimum Gasteiger partial charge on any atom is -0.366 e. The fourth-order valence-corrected chi connectivity index (χ4v) is 4.48. The van der Waals surface area contributed by atoms with E-state index < -0.39 is 32.1 Å². The Kier molecular flexibility index (Phi) is 5.64. The van der Waals surface area contributed by atoms with Gasteiger partial charge >= 0.3 is 5.69 Å². The van der Waals surface area contributed by atoms with E-state index in [4.69, 9.17) is 0 Å². The maximum atomic E-state index is 13.4. The number of anilines is 1. The molecule has 9 heteroatoms. The van der Waals surface area contributed by atoms with Gasteiger partial charge in [0.05, 0.1) is 4.92 Å². The van der Waals surface area contributed by atoms with Gasteiger partial charge in [-0.3, -0.25) is 10.1 Å². The maximum Gasteiger partial charge on any atom is 0.311 e. The van der Waals surface area contributed by atoms with Crippen molar-refractivity contribution in [2.24, 2.45) is 5.92 Å². The van der Waals surface area contributed by atoms with Gasteiger partial charge in [0, 0.05) is 19.3 Å². The van der Waals surface area contributed by atoms with E-state index in [1.165, 1.54) is 18.2 Å². The van der Waals surface area contributed by atoms with Crippen LogP contribution in [0.5, 0.6) is 0 Å². The van der Waals surface area contributed by atoms with E-state index in [2.05, 4.69) is 0 Å². The summed E-state index contributed by atoms with van der Waals surface area (Å²) < 4.78 is 50.3. The number of para-hydroxylation sites is 1. The van der Waals surface area contributed by atoms with Crippen LogP contribution in [0.1, 0.15) is 18.4 Å². The smallest absolute Gasteiger partial charge is 0.311 e. The number of piperidine rings is 1. The summed E-state index contributed by atoms with van der Waals surface area (Å²) in [5, 5.41) is 11.5. The number of nitro benzene ring substituents is 1. The highest BCUT2D eigenvalue weighted by Gasteiger charge is 2.30. The topological polar surface area (TPSA) is 80.5 Å². The van der Waals surface area contributed by atoms with Crippen LogP contribution in [0, 0.1) is 27.7 Å². The molecule has 0 radical (unpaired) electrons. The molecule has 1 fully saturated rings. The van der Waals surface area contributed by atoms with Crippen LogP contribution in [-0.2, 0) is 16.3 Å². The molecule has 0 aliphatic carbocycles. The molecule has 1 heterocycles. The number of nitrogens with zero attached hydrogens (tertiary/aromatic N) is 2. The third-order valence-corrected chi connectivity index (χ3v) is 6.15. The van der Waals surface area contributed by atoms with Crippen LogP contribution in [0.3, 0.4) is 0 Å². The largest absolute Gasteiger partial charge is 0.366 e. The minimum absolute atomic E-state index is 0.234. The minimum atomic E-state index is -3.73. The molecular formula is C19H20F2N2O4S. The van der Waals surface area contributed by atoms with Crippen molar-refractivity contribution in [2.75, 3.05) is 24.2 Å². The molecule has 0 aromatic heterocycles. The van der Waals surface area contributed by atoms with Crippen molar-refractivity contribution < 1.29 is 22.1 Å². The second-order valence-electron chi connectivity index (χ2n) is 7.04. The normalized spacial score (nSPS) is 15.6. The molecule has 0 saturated carbocycles. The quantitative estimate of drug-likeness (QED) is 0.554. The first-order valence-electron chi connectivity index (χ1n) is 8.83. The average Bonchev–Trinajstić information content (AvgIpc) is 2.64. The third-order valence-electron chi connectivity index (χ3n) is 5.02. The predicted octanol–water partition coefficient (Wildman–Crippen LogP) is 3.74. The molecule has 1 saturated heterocycles. The molecule has 2 aromatic carbocycles. The monoisotopic (exact) mass is 410 g/mol. The van der Waals surface area contributed by atoms with Crippen LogP contribution in [0.2, 0.25) is 0 Å². The van der Waals surface area contributed by atoms with E-state index in [0.29, 0.717) is 43.6 Å². The fraction of sp³-hybridized carbons (Fsp3) is 0.368. The Balaban J connectivity index is 1.76. The fourth-order valence-electron chi connectivity index (χ4n) is 3.63. The molecule has 0 amide bonds. The van der Waals surface area contributed by atoms with Gasteiger partial charge in [0.15, 0.2) is 21.5 Å². The number of hydrogen-bond acceptors (Lipinski definition) is 5. The van der Waals surface area contributed by atoms with Gasteiger partial charge in [0.1, 0.15) is 10.6 Å². The molecule has 0 spiro atoms. The lowest BCUT2D eigenvalue weighted by Gasteiger charge is -2.33. The van der Waals surface area contributed by atoms with E-state index >= 15 is 0 Å². The molecule has 0 N–H and O–H groups in total. The van der Waals surface area contributed by atoms with E-state index in [1.54, 1.807) is 12.1 Å². The SMILES string of the molecule is CS(=O)(=O)c1cccc(N2CCC(Cc3ccc(F)c(F)c3)CC2)c1[N+](=O)[O-]. The van der Waals surface area contributed by atoms with Gasteiger partial charge in [-0.15, -0.1) is 0 Å². The summed E-state index contributed by atoms with van der Waals surface area (Å²) in [6, 6.07) is 8.18. The van der Waals surface area contributed by atoms with Crippen molar-refractivity contribution in [1.82, 2.24) is 0 Å². The highest BCUT2D eigenvalue weighted by molar-refractivity contribution is 7.90. The van der Waals surface area contributed by atoms with Gasteiger partial charge in [0.25, 0.3) is 0 Å². The number of sulfone groups is 1. The maximum absolute atomic E-state index is 13.4. The number of hydrogen-bond donors (Lipinski definition) is 0. The zero-order valence-electron chi connectivity index (χ0n) is 15.3. The standard InChI is InChI=1S/C19H20F2N2O4S/c1-28(26,27)18-4-2-3-17(19(18)23(24)25)22-9-7-13(8-10-22)11-14-5-6-15(20)16(21)12-14/h2-6,12-13H,7-11H2,1H3. The van der Waals surface area contributed by atoms with Gasteiger partial charge in [-0.25, -0.2) is 17.2 Å². The molecule has 0 unspecified atom stereocenters. The second-order valence-corrected chi connectivity index (χ2v) is 9.02. The first kappa shape index (κ1) is 20.2. The number of benzene rings is 2. The Morgan fingerprint density at radius 3 is 2.39 bits per heavy atom. The summed E-state index contributed by atoms with van der Waals surface area (Å²) in [6.45, 7) is 1.03. The molecule has 1 aliphatic heterocycles. The first-order chi connectivity index (χ1) is 13.2. The van der Waals surface area contributed by atoms with Crippen LogP contribution in [0.15, 0.2) is 41.3 Å². The van der Waals surface area contributed by atoms with E-state index in [0.717, 1.165) is 12.3 Å². The zero-order valence-corrected chi connectivity index (χ0v) is 16.1. The van der Waals surface area contributed by atoms with Crippen LogP contribution in [0.4, 0.5) is 20.2 Å². The van der Waals surface area contributed by atoms with Crippen LogP contribution in [0.25, 0.3) is 0 Å². The van der Waals surface area contributed by atoms with Crippen molar-refractivity contribution in [3.05, 3.63) is 63.7 Å². The highest BCUT2D eigenvalue weighted by Crippen LogP contribution is 2.37. The molecule has 0 bridgehead atoms. The van der Waals surface area contributed by atoms with Gasteiger partial charge in [0.2, 0.25) is 0 Å². The highest BCUT2D eigenvalue weighted by atomic mass is 32.2. The molecule has 2 aromatic rings. The van der Waals surface area contributed by atoms with Gasteiger partial charge in [-0.05, 0) is 55.0 Å². The number of halogens is 2. The summed E-state index contributed by atoms with van der Waals surface area (Å²) in [7, 11) is -3.73. The third kappa shape index (κ3) is 4.30. The summed E-state index contributed by atoms with van der Waals surface area (Å²) in [4.78, 5) is 12.4. The lowest BCUT2D eigenvalue weighted by molar-refractivity contribution is -0.387. The molecule has 150 valence electrons. The predicted molar refractivity (Wildman–Crippen MR) is 101 cm³/mol. The van der Waals surface area contributed by atoms with Crippen molar-refractivity contribution in [2.45, 2.75) is 24.2 Å². The molecule has 1 aliphatic rings. The van der Waals surface area contributed by atoms with Gasteiger partial charge in [-0.1, -0.05) is 12.1 Å². The summed E-state index contributed by atoms with van der Waals surface area (Å²) >= 11 is 0. The van der Waals surface area contributed by atoms with E-state index in [1.807, 2.05) is 4.90 Å². The summed E-state index contributed by atoms with van der Waals surface area (Å²) in [5.74, 6) is -1.52. The zero-order chi connectivity index (χ0) is 20.5. The Labute approximate surface area is 161 Å². The van der Waals surface area contributed by atoms with Crippen LogP contribution >= 0.6 is 0 Å². The molecule has 3 rings (SSSR count). The Morgan fingerprint density at radius 2 is 1.82 bits per heavy atom. The Bertz CT molecular complexity index is 1000. The molecule has 0 atom stereocenters. The van der Waals surface area contributed by atoms with Gasteiger partial charge in [-0.2, -0.15) is 0 Å². The molecule has 28 heavy (non-hydrogen) atoms. The Hall–Kier alpha value is -2.55. The number of rotatable bonds is 5. The van der Waals surface area contributed by atoms with Crippen molar-refractivity contribution >= 4 is 21.2 Å². The summed E-state index contributed by atoms with van der Waals surface area (Å²) in [6.07, 6.45) is 2.96. The van der Waals surface area contributed by atoms with Crippen LogP contribution < -0.4 is 4.90 Å². The lowest BCUT2D eigenvalue weighted by Crippen LogP contribution is -2.34. The van der Waals surface area contributed by atoms with Crippen LogP contribution in [-0.4, -0.2) is 32.7 Å². The second kappa shape index (κ2) is 7.83. The summed E-state index contributed by atoms with van der Waals surface area (Å²) in [5.41, 5.74) is 0.602. The van der Waals surface area contributed by atoms with Crippen molar-refractivity contribution in [3.8, 4) is 0 Å². The lowest BCUT2D eigenvalue weighted by atomic mass is 9.90. The number of nitro groups is 1. The van der Waals surface area contributed by atoms with E-state index in [-0.39, 0.29) is 10.8 Å². The molecular weight excluding hydrogens is 390 g/mol. The van der Waals surface area contributed by atoms with Crippen molar-refractivity contribution in [3.63, 3.8) is 0 Å². The van der Waals surface area contributed by atoms with E-state index in [9.17, 15) is 27.3 Å². The van der Waals surface area contributed by atoms with Crippen molar-refractivity contribution in [1.29, 1.82) is 0 Å². The Morgan fingerprint density at radius 1 is 1.14 bits per heavy atom.